The molecule has 6 rings (SSSR count). The first-order chi connectivity index (χ1) is 17.1. The molecule has 178 valence electrons. The molecular weight excluding hydrogens is 621 g/mol. The molecule has 0 nitrogen and oxygen atoms in total. The molecule has 5 aliphatic rings. The van der Waals surface area contributed by atoms with Crippen molar-refractivity contribution in [2.24, 2.45) is 0 Å². The molecule has 35 heavy (non-hydrogen) atoms. The fourth-order valence-corrected chi connectivity index (χ4v) is 16.6. The average Bonchev–Trinajstić information content (AvgIpc) is 3.65. The van der Waals surface area contributed by atoms with Crippen molar-refractivity contribution in [3.05, 3.63) is 104 Å². The van der Waals surface area contributed by atoms with Gasteiger partial charge in [0, 0.05) is 20.5 Å². The van der Waals surface area contributed by atoms with Crippen LogP contribution in [0.25, 0.3) is 12.2 Å². The van der Waals surface area contributed by atoms with Crippen molar-refractivity contribution >= 4 is 128 Å². The second kappa shape index (κ2) is 11.8. The van der Waals surface area contributed by atoms with Gasteiger partial charge in [-0.2, -0.15) is 0 Å². The smallest absolute Gasteiger partial charge is 0.0709 e. The quantitative estimate of drug-likeness (QED) is 0.291. The van der Waals surface area contributed by atoms with E-state index in [0.717, 1.165) is 5.75 Å². The minimum absolute atomic E-state index is 1.16. The van der Waals surface area contributed by atoms with Crippen LogP contribution in [0.15, 0.2) is 81.8 Å². The highest BCUT2D eigenvalue weighted by Crippen LogP contribution is 2.65. The van der Waals surface area contributed by atoms with Gasteiger partial charge in [-0.05, 0) is 80.7 Å². The molecule has 0 fully saturated rings. The molecule has 0 saturated heterocycles. The number of thioether (sulfide) groups is 8. The molecule has 5 aliphatic heterocycles. The van der Waals surface area contributed by atoms with Gasteiger partial charge in [0.05, 0.1) is 21.2 Å². The van der Waals surface area contributed by atoms with Gasteiger partial charge in [-0.25, -0.2) is 0 Å². The summed E-state index contributed by atoms with van der Waals surface area (Å²) in [5.74, 6) is 1.16. The van der Waals surface area contributed by atoms with Crippen LogP contribution in [0.5, 0.6) is 0 Å². The zero-order valence-corrected chi connectivity index (χ0v) is 26.7. The lowest BCUT2D eigenvalue weighted by Gasteiger charge is -2.07. The van der Waals surface area contributed by atoms with Gasteiger partial charge in [0.2, 0.25) is 0 Å². The van der Waals surface area contributed by atoms with E-state index in [1.54, 1.807) is 4.91 Å². The Morgan fingerprint density at radius 1 is 0.600 bits per heavy atom. The van der Waals surface area contributed by atoms with Gasteiger partial charge in [0.15, 0.2) is 0 Å². The van der Waals surface area contributed by atoms with Crippen LogP contribution in [0.3, 0.4) is 0 Å². The minimum atomic E-state index is 1.16. The number of hydrogen-bond donors (Lipinski definition) is 0. The second-order valence-corrected chi connectivity index (χ2v) is 19.1. The fourth-order valence-electron chi connectivity index (χ4n) is 3.41. The number of benzene rings is 1. The first kappa shape index (κ1) is 25.9. The summed E-state index contributed by atoms with van der Waals surface area (Å²) in [5, 5.41) is 8.88. The predicted molar refractivity (Wildman–Crippen MR) is 181 cm³/mol. The molecule has 0 unspecified atom stereocenters. The van der Waals surface area contributed by atoms with E-state index in [1.807, 2.05) is 116 Å². The third-order valence-electron chi connectivity index (χ3n) is 5.19. The summed E-state index contributed by atoms with van der Waals surface area (Å²) in [7, 11) is 3.90. The summed E-state index contributed by atoms with van der Waals surface area (Å²) >= 11 is 15.1. The van der Waals surface area contributed by atoms with E-state index < -0.39 is 0 Å². The highest BCUT2D eigenvalue weighted by molar-refractivity contribution is 8.81. The van der Waals surface area contributed by atoms with Crippen LogP contribution in [-0.2, 0) is 0 Å². The summed E-state index contributed by atoms with van der Waals surface area (Å²) in [6.45, 7) is 4.43. The highest BCUT2D eigenvalue weighted by Gasteiger charge is 2.30. The number of aryl methyl sites for hydroxylation is 2. The molecule has 0 bridgehead atoms. The Bertz CT molecular complexity index is 1310. The number of rotatable bonds is 4. The second-order valence-electron chi connectivity index (χ2n) is 7.63. The summed E-state index contributed by atoms with van der Waals surface area (Å²) in [5.41, 5.74) is 5.22. The van der Waals surface area contributed by atoms with E-state index in [-0.39, 0.29) is 0 Å². The molecule has 0 aromatic heterocycles. The molecule has 0 radical (unpaired) electrons. The summed E-state index contributed by atoms with van der Waals surface area (Å²) < 4.78 is 7.22. The Hall–Kier alpha value is 0.640. The molecule has 5 heterocycles. The fraction of sp³-hybridized carbons (Fsp3) is 0.120. The van der Waals surface area contributed by atoms with Crippen molar-refractivity contribution in [3.63, 3.8) is 0 Å². The Labute approximate surface area is 248 Å². The largest absolute Gasteiger partial charge is 0.0884 e. The Morgan fingerprint density at radius 2 is 1.20 bits per heavy atom. The van der Waals surface area contributed by atoms with Gasteiger partial charge in [-0.3, -0.25) is 0 Å². The molecular formula is C25H18S10. The van der Waals surface area contributed by atoms with Crippen LogP contribution in [0.4, 0.5) is 0 Å². The average molecular weight is 639 g/mol. The van der Waals surface area contributed by atoms with Crippen LogP contribution in [0, 0.1) is 13.8 Å². The highest BCUT2D eigenvalue weighted by atomic mass is 33.1. The lowest BCUT2D eigenvalue weighted by molar-refractivity contribution is 1.36. The zero-order valence-electron chi connectivity index (χ0n) is 18.6. The van der Waals surface area contributed by atoms with Crippen LogP contribution in [0.1, 0.15) is 22.3 Å². The Morgan fingerprint density at radius 3 is 1.80 bits per heavy atom. The van der Waals surface area contributed by atoms with Crippen LogP contribution in [-0.4, -0.2) is 5.75 Å². The predicted octanol–water partition coefficient (Wildman–Crippen LogP) is 12.2. The van der Waals surface area contributed by atoms with Gasteiger partial charge < -0.3 is 0 Å². The van der Waals surface area contributed by atoms with Crippen molar-refractivity contribution in [2.75, 3.05) is 5.75 Å². The van der Waals surface area contributed by atoms with E-state index in [0.29, 0.717) is 0 Å². The topological polar surface area (TPSA) is 0 Å². The van der Waals surface area contributed by atoms with E-state index in [9.17, 15) is 0 Å². The van der Waals surface area contributed by atoms with Gasteiger partial charge in [-0.1, -0.05) is 129 Å². The van der Waals surface area contributed by atoms with E-state index >= 15 is 0 Å². The van der Waals surface area contributed by atoms with E-state index in [2.05, 4.69) is 71.9 Å². The third-order valence-corrected chi connectivity index (χ3v) is 18.8. The van der Waals surface area contributed by atoms with Gasteiger partial charge in [0.1, 0.15) is 0 Å². The molecule has 1 aromatic carbocycles. The molecule has 0 saturated carbocycles. The maximum atomic E-state index is 2.32. The SMILES string of the molecule is Cc1cc(/C=C/C2=CS/C(=C3/SC4=C(SSC4)S3)S2)c(C)cc1/C=C/C1=CSC(=C2SC=CS2)S1. The van der Waals surface area contributed by atoms with Crippen LogP contribution >= 0.6 is 116 Å². The summed E-state index contributed by atoms with van der Waals surface area (Å²) in [6, 6.07) is 4.64. The monoisotopic (exact) mass is 638 g/mol. The summed E-state index contributed by atoms with van der Waals surface area (Å²) in [6.07, 6.45) is 9.07. The maximum Gasteiger partial charge on any atom is 0.0709 e. The van der Waals surface area contributed by atoms with Crippen molar-refractivity contribution < 1.29 is 0 Å². The van der Waals surface area contributed by atoms with E-state index in [1.165, 1.54) is 53.2 Å². The van der Waals surface area contributed by atoms with Crippen LogP contribution in [0.2, 0.25) is 0 Å². The molecule has 10 heteroatoms. The molecule has 0 atom stereocenters. The Balaban J connectivity index is 1.09. The summed E-state index contributed by atoms with van der Waals surface area (Å²) in [4.78, 5) is 4.20. The van der Waals surface area contributed by atoms with Crippen molar-refractivity contribution in [1.82, 2.24) is 0 Å². The normalized spacial score (nSPS) is 24.2. The van der Waals surface area contributed by atoms with Gasteiger partial charge in [0.25, 0.3) is 0 Å². The molecule has 0 spiro atoms. The lowest BCUT2D eigenvalue weighted by atomic mass is 9.99. The third kappa shape index (κ3) is 6.12. The van der Waals surface area contributed by atoms with Crippen LogP contribution < -0.4 is 0 Å². The van der Waals surface area contributed by atoms with Gasteiger partial charge in [-0.15, -0.1) is 0 Å². The lowest BCUT2D eigenvalue weighted by Crippen LogP contribution is -1.88. The minimum Gasteiger partial charge on any atom is -0.0884 e. The molecule has 0 N–H and O–H groups in total. The van der Waals surface area contributed by atoms with Crippen molar-refractivity contribution in [2.45, 2.75) is 13.8 Å². The van der Waals surface area contributed by atoms with Gasteiger partial charge >= 0.3 is 0 Å². The number of allylic oxidation sites excluding steroid dienone is 2. The van der Waals surface area contributed by atoms with Crippen molar-refractivity contribution in [3.8, 4) is 0 Å². The maximum absolute atomic E-state index is 2.32. The number of hydrogen-bond acceptors (Lipinski definition) is 10. The van der Waals surface area contributed by atoms with E-state index in [4.69, 9.17) is 0 Å². The first-order valence-electron chi connectivity index (χ1n) is 10.5. The Kier molecular flexibility index (Phi) is 8.73. The standard InChI is InChI=1S/C25H18S10/c1-14-10-17(4-6-19-12-29-24(32-19)25-33-20-13-30-35-21(20)34-25)15(2)9-16(14)3-5-18-11-28-23(31-18)22-26-7-8-27-22/h3-12H,13H2,1-2H3/b5-3+,6-4+,25-24+. The molecule has 0 amide bonds. The van der Waals surface area contributed by atoms with Crippen molar-refractivity contribution in [1.29, 1.82) is 0 Å². The first-order valence-corrected chi connectivity index (χ1v) is 19.6. The molecule has 0 aliphatic carbocycles. The molecule has 1 aromatic rings. The zero-order chi connectivity index (χ0) is 23.8.